The molecular formula is C18H14N4O3S. The monoisotopic (exact) mass is 366 g/mol. The Morgan fingerprint density at radius 3 is 2.38 bits per heavy atom. The zero-order chi connectivity index (χ0) is 18.5. The number of para-hydroxylation sites is 1. The molecule has 0 radical (unpaired) electrons. The number of aromatic nitrogens is 2. The summed E-state index contributed by atoms with van der Waals surface area (Å²) in [7, 11) is 0. The summed E-state index contributed by atoms with van der Waals surface area (Å²) >= 11 is 5.12. The van der Waals surface area contributed by atoms with E-state index < -0.39 is 11.5 Å². The Morgan fingerprint density at radius 1 is 1.12 bits per heavy atom. The molecule has 0 spiro atoms. The standard InChI is InChI=1S/C18H14N4O3S/c23-15(12-7-3-1-4-8-12)21-19-11-14-16(24)20-18(26)22(17(14)25)13-9-5-2-6-10-13/h1-11,25H,(H,21,23)(H,20,24,26)/b19-11-. The van der Waals surface area contributed by atoms with Gasteiger partial charge in [-0.15, -0.1) is 0 Å². The largest absolute Gasteiger partial charge is 0.494 e. The van der Waals surface area contributed by atoms with Crippen molar-refractivity contribution in [3.05, 3.63) is 86.9 Å². The predicted molar refractivity (Wildman–Crippen MR) is 100 cm³/mol. The van der Waals surface area contributed by atoms with Crippen molar-refractivity contribution in [1.82, 2.24) is 15.0 Å². The van der Waals surface area contributed by atoms with Gasteiger partial charge in [-0.3, -0.25) is 19.1 Å². The minimum atomic E-state index is -0.614. The molecule has 1 aromatic heterocycles. The third-order valence-corrected chi connectivity index (χ3v) is 3.82. The summed E-state index contributed by atoms with van der Waals surface area (Å²) in [4.78, 5) is 26.5. The van der Waals surface area contributed by atoms with Crippen LogP contribution in [0.15, 0.2) is 70.6 Å². The lowest BCUT2D eigenvalue weighted by Gasteiger charge is -2.10. The maximum atomic E-state index is 12.1. The summed E-state index contributed by atoms with van der Waals surface area (Å²) < 4.78 is 1.35. The lowest BCUT2D eigenvalue weighted by atomic mass is 10.2. The molecule has 3 rings (SSSR count). The molecule has 3 aromatic rings. The molecule has 0 aliphatic carbocycles. The number of benzene rings is 2. The molecule has 3 N–H and O–H groups in total. The van der Waals surface area contributed by atoms with E-state index in [-0.39, 0.29) is 16.2 Å². The van der Waals surface area contributed by atoms with Crippen molar-refractivity contribution in [2.24, 2.45) is 5.10 Å². The van der Waals surface area contributed by atoms with Crippen molar-refractivity contribution in [3.8, 4) is 11.6 Å². The van der Waals surface area contributed by atoms with Crippen molar-refractivity contribution in [3.63, 3.8) is 0 Å². The van der Waals surface area contributed by atoms with Crippen molar-refractivity contribution < 1.29 is 9.90 Å². The summed E-state index contributed by atoms with van der Waals surface area (Å²) in [6.45, 7) is 0. The number of amides is 1. The normalized spacial score (nSPS) is 10.8. The number of carbonyl (C=O) groups is 1. The van der Waals surface area contributed by atoms with E-state index in [1.54, 1.807) is 54.6 Å². The first-order valence-corrected chi connectivity index (χ1v) is 8.01. The van der Waals surface area contributed by atoms with Crippen LogP contribution in [0.2, 0.25) is 0 Å². The first-order valence-electron chi connectivity index (χ1n) is 7.60. The Bertz CT molecular complexity index is 1070. The smallest absolute Gasteiger partial charge is 0.271 e. The molecule has 7 nitrogen and oxygen atoms in total. The topological polar surface area (TPSA) is 99.5 Å². The van der Waals surface area contributed by atoms with Gasteiger partial charge in [-0.2, -0.15) is 5.10 Å². The van der Waals surface area contributed by atoms with Gasteiger partial charge in [-0.25, -0.2) is 5.43 Å². The Morgan fingerprint density at radius 2 is 1.73 bits per heavy atom. The molecule has 26 heavy (non-hydrogen) atoms. The molecule has 130 valence electrons. The van der Waals surface area contributed by atoms with Gasteiger partial charge in [0.05, 0.1) is 11.9 Å². The fourth-order valence-electron chi connectivity index (χ4n) is 2.28. The van der Waals surface area contributed by atoms with Crippen LogP contribution in [0.25, 0.3) is 5.69 Å². The van der Waals surface area contributed by atoms with Gasteiger partial charge in [-0.05, 0) is 36.5 Å². The molecule has 0 saturated carbocycles. The highest BCUT2D eigenvalue weighted by molar-refractivity contribution is 7.71. The molecule has 0 aliphatic heterocycles. The quantitative estimate of drug-likeness (QED) is 0.375. The second kappa shape index (κ2) is 7.58. The zero-order valence-electron chi connectivity index (χ0n) is 13.4. The van der Waals surface area contributed by atoms with Crippen molar-refractivity contribution in [2.45, 2.75) is 0 Å². The minimum Gasteiger partial charge on any atom is -0.494 e. The highest BCUT2D eigenvalue weighted by Crippen LogP contribution is 2.18. The molecule has 1 heterocycles. The van der Waals surface area contributed by atoms with Gasteiger partial charge >= 0.3 is 0 Å². The Balaban J connectivity index is 1.92. The number of rotatable bonds is 4. The average Bonchev–Trinajstić information content (AvgIpc) is 2.65. The molecule has 0 atom stereocenters. The number of hydrogen-bond acceptors (Lipinski definition) is 5. The number of nitrogens with one attached hydrogen (secondary N) is 2. The molecule has 0 aliphatic rings. The summed E-state index contributed by atoms with van der Waals surface area (Å²) in [5, 5.41) is 14.2. The second-order valence-corrected chi connectivity index (χ2v) is 5.62. The Kier molecular flexibility index (Phi) is 5.04. The molecule has 0 unspecified atom stereocenters. The highest BCUT2D eigenvalue weighted by Gasteiger charge is 2.12. The third kappa shape index (κ3) is 3.60. The van der Waals surface area contributed by atoms with Crippen molar-refractivity contribution >= 4 is 24.3 Å². The summed E-state index contributed by atoms with van der Waals surface area (Å²) in [5.41, 5.74) is 2.56. The van der Waals surface area contributed by atoms with E-state index in [1.807, 2.05) is 6.07 Å². The fourth-order valence-corrected chi connectivity index (χ4v) is 2.57. The van der Waals surface area contributed by atoms with Crippen LogP contribution in [0.4, 0.5) is 0 Å². The number of H-pyrrole nitrogens is 1. The van der Waals surface area contributed by atoms with Gasteiger partial charge < -0.3 is 5.11 Å². The van der Waals surface area contributed by atoms with Crippen LogP contribution in [-0.4, -0.2) is 26.8 Å². The van der Waals surface area contributed by atoms with E-state index in [0.717, 1.165) is 6.21 Å². The van der Waals surface area contributed by atoms with Gasteiger partial charge in [0, 0.05) is 5.56 Å². The summed E-state index contributed by atoms with van der Waals surface area (Å²) in [6, 6.07) is 17.3. The minimum absolute atomic E-state index is 0.0455. The predicted octanol–water partition coefficient (Wildman–Crippen LogP) is 2.36. The van der Waals surface area contributed by atoms with Gasteiger partial charge in [0.2, 0.25) is 5.88 Å². The molecule has 0 bridgehead atoms. The number of carbonyl (C=O) groups excluding carboxylic acids is 1. The third-order valence-electron chi connectivity index (χ3n) is 3.53. The first kappa shape index (κ1) is 17.3. The lowest BCUT2D eigenvalue weighted by molar-refractivity contribution is 0.0955. The van der Waals surface area contributed by atoms with Crippen LogP contribution < -0.4 is 11.0 Å². The molecule has 1 amide bonds. The van der Waals surface area contributed by atoms with Crippen molar-refractivity contribution in [1.29, 1.82) is 0 Å². The number of hydrazone groups is 1. The van der Waals surface area contributed by atoms with E-state index in [4.69, 9.17) is 12.2 Å². The summed E-state index contributed by atoms with van der Waals surface area (Å²) in [5.74, 6) is -0.809. The Labute approximate surface area is 153 Å². The maximum absolute atomic E-state index is 12.1. The SMILES string of the molecule is O=C(N/N=C\c1c(O)n(-c2ccccc2)c(=S)[nH]c1=O)c1ccccc1. The van der Waals surface area contributed by atoms with Crippen LogP contribution in [0.1, 0.15) is 15.9 Å². The van der Waals surface area contributed by atoms with Crippen LogP contribution in [0, 0.1) is 4.77 Å². The molecule has 0 saturated heterocycles. The number of hydrogen-bond donors (Lipinski definition) is 3. The van der Waals surface area contributed by atoms with E-state index in [0.29, 0.717) is 11.3 Å². The number of nitrogens with zero attached hydrogens (tertiary/aromatic N) is 2. The average molecular weight is 366 g/mol. The van der Waals surface area contributed by atoms with Crippen LogP contribution in [-0.2, 0) is 0 Å². The first-order chi connectivity index (χ1) is 12.6. The van der Waals surface area contributed by atoms with E-state index in [9.17, 15) is 14.7 Å². The maximum Gasteiger partial charge on any atom is 0.271 e. The zero-order valence-corrected chi connectivity index (χ0v) is 14.2. The van der Waals surface area contributed by atoms with Crippen LogP contribution in [0.3, 0.4) is 0 Å². The fraction of sp³-hybridized carbons (Fsp3) is 0. The molecule has 8 heteroatoms. The highest BCUT2D eigenvalue weighted by atomic mass is 32.1. The lowest BCUT2D eigenvalue weighted by Crippen LogP contribution is -2.21. The molecule has 2 aromatic carbocycles. The van der Waals surface area contributed by atoms with Crippen LogP contribution in [0.5, 0.6) is 5.88 Å². The number of aromatic amines is 1. The van der Waals surface area contributed by atoms with E-state index >= 15 is 0 Å². The summed E-state index contributed by atoms with van der Waals surface area (Å²) in [6.07, 6.45) is 1.07. The Hall–Kier alpha value is -3.52. The van der Waals surface area contributed by atoms with Crippen LogP contribution >= 0.6 is 12.2 Å². The van der Waals surface area contributed by atoms with Crippen molar-refractivity contribution in [2.75, 3.05) is 0 Å². The van der Waals surface area contributed by atoms with Gasteiger partial charge in [0.15, 0.2) is 4.77 Å². The van der Waals surface area contributed by atoms with Gasteiger partial charge in [-0.1, -0.05) is 36.4 Å². The molecule has 0 fully saturated rings. The van der Waals surface area contributed by atoms with E-state index in [2.05, 4.69) is 15.5 Å². The number of aromatic hydroxyl groups is 1. The second-order valence-electron chi connectivity index (χ2n) is 5.23. The van der Waals surface area contributed by atoms with Gasteiger partial charge in [0.25, 0.3) is 11.5 Å². The van der Waals surface area contributed by atoms with Gasteiger partial charge in [0.1, 0.15) is 5.56 Å². The van der Waals surface area contributed by atoms with E-state index in [1.165, 1.54) is 4.57 Å². The molecular weight excluding hydrogens is 352 g/mol.